The average molecular weight is 976 g/mol. The Bertz CT molecular complexity index is 1700. The summed E-state index contributed by atoms with van der Waals surface area (Å²) in [7, 11) is 4.16. The number of methoxy groups -OCH3 is 3. The van der Waals surface area contributed by atoms with E-state index in [4.69, 9.17) is 47.4 Å². The summed E-state index contributed by atoms with van der Waals surface area (Å²) >= 11 is 0. The van der Waals surface area contributed by atoms with Crippen molar-refractivity contribution in [2.24, 2.45) is 5.92 Å². The third kappa shape index (κ3) is 14.6. The molecule has 1 aliphatic carbocycles. The molecule has 9 N–H and O–H groups in total. The van der Waals surface area contributed by atoms with Gasteiger partial charge in [0, 0.05) is 18.6 Å². The van der Waals surface area contributed by atoms with Gasteiger partial charge in [0.15, 0.2) is 36.5 Å². The first-order valence-corrected chi connectivity index (χ1v) is 23.6. The number of amides is 1. The van der Waals surface area contributed by atoms with E-state index in [1.165, 1.54) is 46.5 Å². The second-order valence-electron chi connectivity index (χ2n) is 17.9. The molecule has 1 aromatic rings. The van der Waals surface area contributed by atoms with E-state index in [1.807, 2.05) is 0 Å². The molecule has 0 spiro atoms. The number of nitrogens with one attached hydrogen (secondary N) is 1. The molecule has 388 valence electrons. The summed E-state index contributed by atoms with van der Waals surface area (Å²) in [5, 5.41) is 90.0. The fraction of sp³-hybridized carbons (Fsp3) is 0.804. The zero-order valence-electron chi connectivity index (χ0n) is 39.2. The number of carbonyl (C=O) groups is 3. The van der Waals surface area contributed by atoms with E-state index in [0.29, 0.717) is 31.4 Å². The number of aliphatic hydroxyl groups is 7. The van der Waals surface area contributed by atoms with Crippen molar-refractivity contribution in [2.45, 2.75) is 189 Å². The van der Waals surface area contributed by atoms with Gasteiger partial charge in [0.2, 0.25) is 0 Å². The number of rotatable bonds is 25. The van der Waals surface area contributed by atoms with Crippen molar-refractivity contribution in [1.29, 1.82) is 0 Å². The summed E-state index contributed by atoms with van der Waals surface area (Å²) in [6.45, 7) is -0.138. The summed E-state index contributed by atoms with van der Waals surface area (Å²) in [4.78, 5) is 38.3. The standard InChI is InChI=1S/C46H73NO21/c1-24-34(51)36(53)37(54)45(63-24)68-40-33(47-42(56)26-17-18-27(59-2)28(21-26)60-3)44(62-19-13-8-6-5-7-12-16-32(50)61-4)66-31(23-49)39(40)67-46-38(55)41(35(52)30(22-48)65-46)64-29(43(57)58)20-25-14-10-9-11-15-25/h17-18,21,24-25,29-31,33-41,44-46,48-49,51-55H,5-16,19-20,22-23H2,1-4H3,(H,47,56)(H,57,58)/t24-,29-,30-,31-,33-,34+,35-,36-,37-,38-,39+,40+,41-,44+,45-,46-/m0/s1. The highest BCUT2D eigenvalue weighted by Crippen LogP contribution is 2.36. The molecule has 0 bridgehead atoms. The van der Waals surface area contributed by atoms with Crippen molar-refractivity contribution in [1.82, 2.24) is 5.32 Å². The van der Waals surface area contributed by atoms with Crippen molar-refractivity contribution in [3.63, 3.8) is 0 Å². The number of aliphatic hydroxyl groups excluding tert-OH is 7. The number of carboxylic acid groups (broad SMARTS) is 1. The molecule has 22 heteroatoms. The Morgan fingerprint density at radius 2 is 1.34 bits per heavy atom. The Morgan fingerprint density at radius 1 is 0.706 bits per heavy atom. The fourth-order valence-electron chi connectivity index (χ4n) is 9.16. The third-order valence-corrected chi connectivity index (χ3v) is 13.1. The average Bonchev–Trinajstić information content (AvgIpc) is 3.34. The van der Waals surface area contributed by atoms with Gasteiger partial charge in [-0.05, 0) is 50.3 Å². The van der Waals surface area contributed by atoms with Gasteiger partial charge in [-0.1, -0.05) is 57.8 Å². The van der Waals surface area contributed by atoms with Crippen molar-refractivity contribution in [2.75, 3.05) is 41.2 Å². The zero-order chi connectivity index (χ0) is 49.5. The predicted molar refractivity (Wildman–Crippen MR) is 234 cm³/mol. The molecule has 0 unspecified atom stereocenters. The number of esters is 1. The van der Waals surface area contributed by atoms with Crippen LogP contribution in [0.1, 0.15) is 101 Å². The summed E-state index contributed by atoms with van der Waals surface area (Å²) in [5.74, 6) is -1.75. The smallest absolute Gasteiger partial charge is 0.332 e. The van der Waals surface area contributed by atoms with Crippen molar-refractivity contribution >= 4 is 17.8 Å². The van der Waals surface area contributed by atoms with Gasteiger partial charge in [-0.3, -0.25) is 9.59 Å². The largest absolute Gasteiger partial charge is 0.493 e. The van der Waals surface area contributed by atoms with Crippen molar-refractivity contribution in [3.05, 3.63) is 23.8 Å². The Balaban J connectivity index is 1.47. The molecule has 0 aromatic heterocycles. The molecule has 3 saturated heterocycles. The minimum absolute atomic E-state index is 0.0209. The number of benzene rings is 1. The van der Waals surface area contributed by atoms with Gasteiger partial charge in [0.05, 0.1) is 40.6 Å². The lowest BCUT2D eigenvalue weighted by Crippen LogP contribution is -2.70. The Kier molecular flexibility index (Phi) is 22.3. The highest BCUT2D eigenvalue weighted by Gasteiger charge is 2.55. The number of hydrogen-bond acceptors (Lipinski definition) is 20. The number of hydrogen-bond donors (Lipinski definition) is 9. The molecule has 16 atom stereocenters. The molecular formula is C46H73NO21. The maximum absolute atomic E-state index is 14.3. The van der Waals surface area contributed by atoms with Crippen molar-refractivity contribution in [3.8, 4) is 11.5 Å². The van der Waals surface area contributed by atoms with Gasteiger partial charge in [0.25, 0.3) is 5.91 Å². The molecule has 0 radical (unpaired) electrons. The van der Waals surface area contributed by atoms with Crippen LogP contribution in [0.15, 0.2) is 18.2 Å². The Labute approximate surface area is 396 Å². The maximum atomic E-state index is 14.3. The Hall–Kier alpha value is -3.33. The lowest BCUT2D eigenvalue weighted by atomic mass is 9.85. The van der Waals surface area contributed by atoms with Crippen LogP contribution in [0.4, 0.5) is 0 Å². The summed E-state index contributed by atoms with van der Waals surface area (Å²) in [6.07, 6.45) is -15.0. The van der Waals surface area contributed by atoms with Gasteiger partial charge in [-0.15, -0.1) is 0 Å². The van der Waals surface area contributed by atoms with Crippen LogP contribution >= 0.6 is 0 Å². The molecule has 5 rings (SSSR count). The number of carboxylic acids is 1. The van der Waals surface area contributed by atoms with Crippen molar-refractivity contribution < 1.29 is 103 Å². The van der Waals surface area contributed by atoms with E-state index < -0.39 is 123 Å². The van der Waals surface area contributed by atoms with Gasteiger partial charge >= 0.3 is 11.9 Å². The third-order valence-electron chi connectivity index (χ3n) is 13.1. The van der Waals surface area contributed by atoms with E-state index in [0.717, 1.165) is 51.4 Å². The molecule has 1 amide bonds. The number of ether oxygens (including phenoxy) is 10. The maximum Gasteiger partial charge on any atom is 0.332 e. The van der Waals surface area contributed by atoms with Crippen LogP contribution < -0.4 is 14.8 Å². The van der Waals surface area contributed by atoms with Crippen LogP contribution in [0.3, 0.4) is 0 Å². The van der Waals surface area contributed by atoms with Gasteiger partial charge in [-0.25, -0.2) is 4.79 Å². The first-order chi connectivity index (χ1) is 32.6. The molecule has 1 saturated carbocycles. The van der Waals surface area contributed by atoms with E-state index in [2.05, 4.69) is 5.32 Å². The van der Waals surface area contributed by atoms with Crippen LogP contribution in [0, 0.1) is 5.92 Å². The molecule has 68 heavy (non-hydrogen) atoms. The highest BCUT2D eigenvalue weighted by molar-refractivity contribution is 5.95. The summed E-state index contributed by atoms with van der Waals surface area (Å²) < 4.78 is 58.6. The number of carbonyl (C=O) groups excluding carboxylic acids is 2. The molecule has 22 nitrogen and oxygen atoms in total. The lowest BCUT2D eigenvalue weighted by molar-refractivity contribution is -0.375. The first-order valence-electron chi connectivity index (χ1n) is 23.6. The van der Waals surface area contributed by atoms with Crippen LogP contribution in [0.2, 0.25) is 0 Å². The van der Waals surface area contributed by atoms with Crippen LogP contribution in [-0.4, -0.2) is 198 Å². The topological polar surface area (TPSA) is 317 Å². The predicted octanol–water partition coefficient (Wildman–Crippen LogP) is 0.285. The highest BCUT2D eigenvalue weighted by atomic mass is 16.8. The number of aliphatic carboxylic acids is 1. The quantitative estimate of drug-likeness (QED) is 0.0470. The second-order valence-corrected chi connectivity index (χ2v) is 17.9. The SMILES string of the molecule is COC(=O)CCCCCCCCO[C@@H]1O[C@@H](CO)[C@@H](O[C@@H]2O[C@@H](CO)[C@H](O)[C@H](O[C@@H](CC3CCCCC3)C(=O)O)[C@@H]2O)[C@H](O[C@@H]2O[C@@H](C)[C@@H](O)[C@H](O)[C@@H]2O)[C@@H]1NC(=O)c1ccc(OC)c(OC)c1. The molecule has 3 aliphatic heterocycles. The summed E-state index contributed by atoms with van der Waals surface area (Å²) in [5.41, 5.74) is 0.0715. The Morgan fingerprint density at radius 3 is 1.99 bits per heavy atom. The van der Waals surface area contributed by atoms with Crippen LogP contribution in [0.25, 0.3) is 0 Å². The minimum atomic E-state index is -1.94. The van der Waals surface area contributed by atoms with Gasteiger partial charge in [0.1, 0.15) is 67.1 Å². The summed E-state index contributed by atoms with van der Waals surface area (Å²) in [6, 6.07) is 2.95. The lowest BCUT2D eigenvalue weighted by Gasteiger charge is -2.50. The molecular weight excluding hydrogens is 902 g/mol. The van der Waals surface area contributed by atoms with E-state index in [1.54, 1.807) is 0 Å². The monoisotopic (exact) mass is 975 g/mol. The molecule has 3 heterocycles. The van der Waals surface area contributed by atoms with Gasteiger partial charge < -0.3 is 93.5 Å². The number of unbranched alkanes of at least 4 members (excludes halogenated alkanes) is 5. The molecule has 4 aliphatic rings. The first kappa shape index (κ1) is 55.6. The normalized spacial score (nSPS) is 33.9. The molecule has 1 aromatic carbocycles. The minimum Gasteiger partial charge on any atom is -0.493 e. The fourth-order valence-corrected chi connectivity index (χ4v) is 9.16. The van der Waals surface area contributed by atoms with E-state index in [9.17, 15) is 55.2 Å². The second kappa shape index (κ2) is 27.3. The van der Waals surface area contributed by atoms with Crippen LogP contribution in [0.5, 0.6) is 11.5 Å². The molecule has 4 fully saturated rings. The van der Waals surface area contributed by atoms with E-state index in [-0.39, 0.29) is 36.2 Å². The van der Waals surface area contributed by atoms with Crippen LogP contribution in [-0.2, 0) is 47.5 Å². The zero-order valence-corrected chi connectivity index (χ0v) is 39.2. The van der Waals surface area contributed by atoms with E-state index >= 15 is 0 Å². The van der Waals surface area contributed by atoms with Gasteiger partial charge in [-0.2, -0.15) is 0 Å².